The highest BCUT2D eigenvalue weighted by atomic mass is 19.1. The predicted octanol–water partition coefficient (Wildman–Crippen LogP) is 5.92. The number of piperidine rings is 1. The number of aromatic amines is 1. The number of methoxy groups -OCH3 is 1. The van der Waals surface area contributed by atoms with Gasteiger partial charge < -0.3 is 14.6 Å². The summed E-state index contributed by atoms with van der Waals surface area (Å²) in [6.45, 7) is 3.22. The summed E-state index contributed by atoms with van der Waals surface area (Å²) in [6.07, 6.45) is 4.12. The van der Waals surface area contributed by atoms with Crippen molar-refractivity contribution in [3.63, 3.8) is 0 Å². The summed E-state index contributed by atoms with van der Waals surface area (Å²) in [4.78, 5) is 6.28. The van der Waals surface area contributed by atoms with Crippen LogP contribution in [0, 0.1) is 11.7 Å². The Morgan fingerprint density at radius 1 is 1.06 bits per heavy atom. The van der Waals surface area contributed by atoms with Crippen LogP contribution >= 0.6 is 0 Å². The van der Waals surface area contributed by atoms with Gasteiger partial charge in [0.2, 0.25) is 0 Å². The average Bonchev–Trinajstić information content (AvgIpc) is 3.22. The van der Waals surface area contributed by atoms with E-state index in [9.17, 15) is 4.39 Å². The first-order valence-electron chi connectivity index (χ1n) is 12.3. The Morgan fingerprint density at radius 3 is 2.79 bits per heavy atom. The van der Waals surface area contributed by atoms with Gasteiger partial charge in [-0.05, 0) is 85.2 Å². The zero-order valence-electron chi connectivity index (χ0n) is 19.7. The minimum Gasteiger partial charge on any atom is -0.497 e. The van der Waals surface area contributed by atoms with E-state index in [-0.39, 0.29) is 11.2 Å². The smallest absolute Gasteiger partial charge is 0.123 e. The minimum absolute atomic E-state index is 0.0597. The fourth-order valence-electron chi connectivity index (χ4n) is 6.40. The Balaban J connectivity index is 1.36. The molecule has 174 valence electrons. The number of benzene rings is 3. The number of H-pyrrole nitrogens is 1. The Labute approximate surface area is 200 Å². The maximum absolute atomic E-state index is 14.1. The van der Waals surface area contributed by atoms with E-state index in [0.717, 1.165) is 62.0 Å². The number of fused-ring (bicyclic) bond motifs is 4. The molecular weight excluding hydrogens is 423 g/mol. The summed E-state index contributed by atoms with van der Waals surface area (Å²) in [5, 5.41) is 1.05. The molecule has 0 amide bonds. The van der Waals surface area contributed by atoms with Crippen molar-refractivity contribution < 1.29 is 9.13 Å². The van der Waals surface area contributed by atoms with Crippen LogP contribution in [0.3, 0.4) is 0 Å². The van der Waals surface area contributed by atoms with Gasteiger partial charge in [0.15, 0.2) is 0 Å². The van der Waals surface area contributed by atoms with Gasteiger partial charge in [0.05, 0.1) is 7.11 Å². The van der Waals surface area contributed by atoms with Crippen molar-refractivity contribution in [2.24, 2.45) is 5.92 Å². The largest absolute Gasteiger partial charge is 0.497 e. The Morgan fingerprint density at radius 2 is 1.94 bits per heavy atom. The first-order chi connectivity index (χ1) is 16.6. The molecule has 1 saturated heterocycles. The molecule has 0 spiro atoms. The van der Waals surface area contributed by atoms with E-state index in [1.54, 1.807) is 19.2 Å². The lowest BCUT2D eigenvalue weighted by Gasteiger charge is -2.51. The molecule has 1 aliphatic heterocycles. The summed E-state index contributed by atoms with van der Waals surface area (Å²) < 4.78 is 19.7. The Hall–Kier alpha value is -3.11. The zero-order valence-corrected chi connectivity index (χ0v) is 19.7. The predicted molar refractivity (Wildman–Crippen MR) is 135 cm³/mol. The summed E-state index contributed by atoms with van der Waals surface area (Å²) >= 11 is 0. The molecule has 4 heteroatoms. The van der Waals surface area contributed by atoms with Crippen LogP contribution < -0.4 is 4.74 Å². The van der Waals surface area contributed by atoms with Crippen LogP contribution in [0.2, 0.25) is 0 Å². The fourth-order valence-corrected chi connectivity index (χ4v) is 6.40. The van der Waals surface area contributed by atoms with Gasteiger partial charge in [-0.1, -0.05) is 42.5 Å². The van der Waals surface area contributed by atoms with Crippen LogP contribution in [0.4, 0.5) is 4.39 Å². The van der Waals surface area contributed by atoms with E-state index in [2.05, 4.69) is 58.4 Å². The lowest BCUT2D eigenvalue weighted by atomic mass is 9.58. The minimum atomic E-state index is -0.160. The van der Waals surface area contributed by atoms with Crippen molar-refractivity contribution in [2.75, 3.05) is 26.7 Å². The number of halogens is 1. The highest BCUT2D eigenvalue weighted by molar-refractivity contribution is 5.85. The van der Waals surface area contributed by atoms with E-state index in [1.807, 2.05) is 12.1 Å². The molecule has 1 aromatic heterocycles. The summed E-state index contributed by atoms with van der Waals surface area (Å²) in [6, 6.07) is 24.6. The summed E-state index contributed by atoms with van der Waals surface area (Å²) in [7, 11) is 1.74. The van der Waals surface area contributed by atoms with Gasteiger partial charge >= 0.3 is 0 Å². The molecule has 3 aromatic carbocycles. The van der Waals surface area contributed by atoms with Gasteiger partial charge in [0.1, 0.15) is 11.6 Å². The monoisotopic (exact) mass is 454 g/mol. The quantitative estimate of drug-likeness (QED) is 0.406. The first kappa shape index (κ1) is 21.4. The number of likely N-dealkylation sites (tertiary alicyclic amines) is 1. The molecule has 0 radical (unpaired) electrons. The number of nitrogens with one attached hydrogen (secondary N) is 1. The van der Waals surface area contributed by atoms with E-state index >= 15 is 0 Å². The molecule has 0 bridgehead atoms. The normalized spacial score (nSPS) is 22.4. The van der Waals surface area contributed by atoms with E-state index in [4.69, 9.17) is 4.74 Å². The van der Waals surface area contributed by atoms with E-state index in [0.29, 0.717) is 5.92 Å². The van der Waals surface area contributed by atoms with Crippen molar-refractivity contribution in [2.45, 2.75) is 31.1 Å². The number of rotatable bonds is 5. The second-order valence-corrected chi connectivity index (χ2v) is 10.0. The van der Waals surface area contributed by atoms with Crippen molar-refractivity contribution in [3.05, 3.63) is 101 Å². The Bertz CT molecular complexity index is 1310. The molecule has 2 atom stereocenters. The molecule has 3 nitrogen and oxygen atoms in total. The number of nitrogens with zero attached hydrogens (tertiary/aromatic N) is 1. The fraction of sp³-hybridized carbons (Fsp3) is 0.333. The van der Waals surface area contributed by atoms with Crippen LogP contribution in [0.1, 0.15) is 28.8 Å². The van der Waals surface area contributed by atoms with Gasteiger partial charge in [0, 0.05) is 35.1 Å². The number of hydrogen-bond acceptors (Lipinski definition) is 2. The SMILES string of the molecule is COc1cccc([C@]23CCN(CCc4ccccc4)CC2Cc2c([nH]c4ccc(F)cc24)C3)c1. The third kappa shape index (κ3) is 3.70. The topological polar surface area (TPSA) is 28.3 Å². The maximum Gasteiger partial charge on any atom is 0.123 e. The average molecular weight is 455 g/mol. The molecule has 34 heavy (non-hydrogen) atoms. The van der Waals surface area contributed by atoms with Crippen LogP contribution in [0.25, 0.3) is 10.9 Å². The molecule has 1 N–H and O–H groups in total. The molecule has 6 rings (SSSR count). The lowest BCUT2D eigenvalue weighted by Crippen LogP contribution is -2.54. The standard InChI is InChI=1S/C30H31FN2O/c1-34-25-9-5-8-22(16-25)30-13-15-33(14-12-21-6-3-2-4-7-21)20-23(30)17-26-27-18-24(31)10-11-28(27)32-29(26)19-30/h2-11,16,18,23,32H,12-15,17,19-20H2,1H3/t23?,30-/m1/s1. The molecule has 0 saturated carbocycles. The maximum atomic E-state index is 14.1. The second kappa shape index (κ2) is 8.59. The summed E-state index contributed by atoms with van der Waals surface area (Å²) in [5.41, 5.74) is 6.46. The zero-order chi connectivity index (χ0) is 23.1. The van der Waals surface area contributed by atoms with Gasteiger partial charge in [-0.3, -0.25) is 0 Å². The molecule has 2 heterocycles. The van der Waals surface area contributed by atoms with Gasteiger partial charge in [0.25, 0.3) is 0 Å². The number of hydrogen-bond donors (Lipinski definition) is 1. The Kier molecular flexibility index (Phi) is 5.41. The van der Waals surface area contributed by atoms with Crippen LogP contribution in [-0.2, 0) is 24.7 Å². The van der Waals surface area contributed by atoms with Crippen molar-refractivity contribution in [1.82, 2.24) is 9.88 Å². The lowest BCUT2D eigenvalue weighted by molar-refractivity contribution is 0.0822. The van der Waals surface area contributed by atoms with Gasteiger partial charge in [-0.25, -0.2) is 4.39 Å². The number of aromatic nitrogens is 1. The summed E-state index contributed by atoms with van der Waals surface area (Å²) in [5.74, 6) is 1.23. The van der Waals surface area contributed by atoms with Crippen molar-refractivity contribution in [1.29, 1.82) is 0 Å². The van der Waals surface area contributed by atoms with Crippen molar-refractivity contribution in [3.8, 4) is 5.75 Å². The molecule has 2 aliphatic rings. The third-order valence-corrected chi connectivity index (χ3v) is 8.24. The second-order valence-electron chi connectivity index (χ2n) is 10.0. The molecule has 1 aliphatic carbocycles. The molecular formula is C30H31FN2O. The third-order valence-electron chi connectivity index (χ3n) is 8.24. The molecule has 4 aromatic rings. The molecule has 1 fully saturated rings. The highest BCUT2D eigenvalue weighted by Crippen LogP contribution is 2.49. The van der Waals surface area contributed by atoms with E-state index < -0.39 is 0 Å². The first-order valence-corrected chi connectivity index (χ1v) is 12.3. The molecule has 1 unspecified atom stereocenters. The van der Waals surface area contributed by atoms with Crippen LogP contribution in [-0.4, -0.2) is 36.6 Å². The van der Waals surface area contributed by atoms with E-state index in [1.165, 1.54) is 22.4 Å². The van der Waals surface area contributed by atoms with Crippen LogP contribution in [0.15, 0.2) is 72.8 Å². The van der Waals surface area contributed by atoms with Gasteiger partial charge in [-0.15, -0.1) is 0 Å². The van der Waals surface area contributed by atoms with Gasteiger partial charge in [-0.2, -0.15) is 0 Å². The number of ether oxygens (including phenoxy) is 1. The highest BCUT2D eigenvalue weighted by Gasteiger charge is 2.48. The van der Waals surface area contributed by atoms with Crippen LogP contribution in [0.5, 0.6) is 5.75 Å². The van der Waals surface area contributed by atoms with Crippen molar-refractivity contribution >= 4 is 10.9 Å².